The van der Waals surface area contributed by atoms with Gasteiger partial charge in [-0.15, -0.1) is 0 Å². The van der Waals surface area contributed by atoms with Gasteiger partial charge in [-0.25, -0.2) is 4.39 Å². The molecule has 0 aliphatic carbocycles. The molecule has 4 heterocycles. The van der Waals surface area contributed by atoms with Crippen molar-refractivity contribution in [2.75, 3.05) is 38.2 Å². The Morgan fingerprint density at radius 2 is 1.85 bits per heavy atom. The Labute approximate surface area is 244 Å². The molecule has 7 rings (SSSR count). The number of piperazine rings is 1. The molecule has 214 valence electrons. The fourth-order valence-electron chi connectivity index (χ4n) is 7.27. The largest absolute Gasteiger partial charge is 0.508 e. The van der Waals surface area contributed by atoms with E-state index in [9.17, 15) is 5.11 Å². The van der Waals surface area contributed by atoms with Gasteiger partial charge in [-0.3, -0.25) is 0 Å². The van der Waals surface area contributed by atoms with Gasteiger partial charge in [0, 0.05) is 41.2 Å². The summed E-state index contributed by atoms with van der Waals surface area (Å²) in [5.41, 5.74) is 0.747. The van der Waals surface area contributed by atoms with Crippen LogP contribution in [-0.2, 0) is 0 Å². The highest BCUT2D eigenvalue weighted by atomic mass is 35.5. The van der Waals surface area contributed by atoms with Gasteiger partial charge >= 0.3 is 6.01 Å². The van der Waals surface area contributed by atoms with E-state index in [0.717, 1.165) is 56.1 Å². The molecule has 0 amide bonds. The van der Waals surface area contributed by atoms with Gasteiger partial charge in [0.15, 0.2) is 5.82 Å². The number of hydrogen-bond acceptors (Lipinski definition) is 7. The minimum atomic E-state index is -0.551. The lowest BCUT2D eigenvalue weighted by Crippen LogP contribution is -2.63. The van der Waals surface area contributed by atoms with Crippen molar-refractivity contribution in [3.05, 3.63) is 53.3 Å². The number of phenolic OH excluding ortho intramolecular Hbond substituents is 1. The molecule has 3 aliphatic rings. The fourth-order valence-corrected chi connectivity index (χ4v) is 7.56. The van der Waals surface area contributed by atoms with Crippen molar-refractivity contribution >= 4 is 39.1 Å². The number of nitrogens with one attached hydrogen (secondary N) is 1. The van der Waals surface area contributed by atoms with Gasteiger partial charge in [-0.2, -0.15) is 9.97 Å². The van der Waals surface area contributed by atoms with Gasteiger partial charge < -0.3 is 25.0 Å². The molecule has 0 spiro atoms. The third kappa shape index (κ3) is 4.66. The van der Waals surface area contributed by atoms with E-state index < -0.39 is 5.82 Å². The zero-order chi connectivity index (χ0) is 28.5. The number of hydrogen-bond donors (Lipinski definition) is 2. The smallest absolute Gasteiger partial charge is 0.319 e. The molecule has 9 heteroatoms. The summed E-state index contributed by atoms with van der Waals surface area (Å²) in [7, 11) is 2.10. The van der Waals surface area contributed by atoms with Crippen LogP contribution in [-0.4, -0.2) is 70.4 Å². The predicted molar refractivity (Wildman–Crippen MR) is 162 cm³/mol. The zero-order valence-electron chi connectivity index (χ0n) is 23.7. The molecule has 7 nitrogen and oxygen atoms in total. The maximum atomic E-state index is 16.8. The Bertz CT molecular complexity index is 1670. The number of halogens is 2. The average molecular weight is 576 g/mol. The van der Waals surface area contributed by atoms with E-state index in [-0.39, 0.29) is 45.0 Å². The third-order valence-electron chi connectivity index (χ3n) is 9.25. The van der Waals surface area contributed by atoms with Gasteiger partial charge in [0.1, 0.15) is 23.7 Å². The summed E-state index contributed by atoms with van der Waals surface area (Å²) < 4.78 is 23.0. The first kappa shape index (κ1) is 26.7. The average Bonchev–Trinajstić information content (AvgIpc) is 3.44. The molecule has 3 fully saturated rings. The topological polar surface area (TPSA) is 73.8 Å². The van der Waals surface area contributed by atoms with E-state index in [1.807, 2.05) is 24.3 Å². The van der Waals surface area contributed by atoms with E-state index in [4.69, 9.17) is 21.3 Å². The number of anilines is 1. The van der Waals surface area contributed by atoms with E-state index >= 15 is 4.39 Å². The molecule has 3 aliphatic heterocycles. The number of ether oxygens (including phenoxy) is 1. The van der Waals surface area contributed by atoms with Crippen molar-refractivity contribution in [3.8, 4) is 22.9 Å². The molecular weight excluding hydrogens is 541 g/mol. The van der Waals surface area contributed by atoms with Gasteiger partial charge in [0.05, 0.1) is 5.02 Å². The van der Waals surface area contributed by atoms with Crippen LogP contribution in [0.1, 0.15) is 39.5 Å². The standard InChI is InChI=1S/C32H35ClFN5O2/c1-31-10-11-32(2,37-31)18-39(17-31)29-24-15-25(33)26(23-14-21(40)13-19-7-4-5-9-22(19)23)27(34)28(24)35-30(36-29)41-16-20-8-6-12-38(20)3/h4-5,7,9,13-15,20,37,40H,6,8,10-12,16-18H2,1-3H3/t20-,31?,32?/m0/s1. The van der Waals surface area contributed by atoms with Crippen LogP contribution in [0.25, 0.3) is 32.8 Å². The minimum Gasteiger partial charge on any atom is -0.508 e. The van der Waals surface area contributed by atoms with Crippen molar-refractivity contribution in [2.45, 2.75) is 56.7 Å². The molecule has 1 aromatic heterocycles. The highest BCUT2D eigenvalue weighted by Crippen LogP contribution is 2.44. The minimum absolute atomic E-state index is 0.0418. The quantitative estimate of drug-likeness (QED) is 0.296. The predicted octanol–water partition coefficient (Wildman–Crippen LogP) is 6.14. The molecule has 3 atom stereocenters. The number of likely N-dealkylation sites (tertiary alicyclic amines) is 1. The monoisotopic (exact) mass is 575 g/mol. The Balaban J connectivity index is 1.40. The molecule has 3 aromatic carbocycles. The number of likely N-dealkylation sites (N-methyl/N-ethyl adjacent to an activating group) is 1. The van der Waals surface area contributed by atoms with Gasteiger partial charge in [0.2, 0.25) is 0 Å². The highest BCUT2D eigenvalue weighted by Gasteiger charge is 2.48. The van der Waals surface area contributed by atoms with Crippen molar-refractivity contribution in [3.63, 3.8) is 0 Å². The second-order valence-electron chi connectivity index (χ2n) is 12.7. The second-order valence-corrected chi connectivity index (χ2v) is 13.1. The summed E-state index contributed by atoms with van der Waals surface area (Å²) in [4.78, 5) is 14.1. The Morgan fingerprint density at radius 1 is 1.10 bits per heavy atom. The lowest BCUT2D eigenvalue weighted by molar-refractivity contribution is 0.188. The van der Waals surface area contributed by atoms with Gasteiger partial charge in [-0.1, -0.05) is 35.9 Å². The lowest BCUT2D eigenvalue weighted by Gasteiger charge is -2.45. The molecule has 2 bridgehead atoms. The lowest BCUT2D eigenvalue weighted by atomic mass is 9.95. The van der Waals surface area contributed by atoms with Crippen LogP contribution >= 0.6 is 11.6 Å². The Hall–Kier alpha value is -3.20. The van der Waals surface area contributed by atoms with Crippen LogP contribution in [0.2, 0.25) is 5.02 Å². The summed E-state index contributed by atoms with van der Waals surface area (Å²) in [5, 5.41) is 16.7. The van der Waals surface area contributed by atoms with Crippen molar-refractivity contribution in [1.29, 1.82) is 0 Å². The first-order chi connectivity index (χ1) is 19.6. The van der Waals surface area contributed by atoms with Crippen LogP contribution in [0.3, 0.4) is 0 Å². The summed E-state index contributed by atoms with van der Waals surface area (Å²) >= 11 is 6.89. The van der Waals surface area contributed by atoms with Gasteiger partial charge in [0.25, 0.3) is 0 Å². The maximum absolute atomic E-state index is 16.8. The summed E-state index contributed by atoms with van der Waals surface area (Å²) in [6.45, 7) is 7.41. The van der Waals surface area contributed by atoms with Crippen LogP contribution in [0.4, 0.5) is 10.2 Å². The normalized spacial score (nSPS) is 26.4. The number of fused-ring (bicyclic) bond motifs is 4. The molecule has 0 radical (unpaired) electrons. The first-order valence-electron chi connectivity index (χ1n) is 14.4. The summed E-state index contributed by atoms with van der Waals surface area (Å²) in [5.74, 6) is 0.129. The second kappa shape index (κ2) is 9.68. The molecule has 4 aromatic rings. The van der Waals surface area contributed by atoms with Crippen LogP contribution in [0, 0.1) is 5.82 Å². The third-order valence-corrected chi connectivity index (χ3v) is 9.54. The molecule has 0 saturated carbocycles. The molecule has 2 N–H and O–H groups in total. The number of aromatic hydroxyl groups is 1. The SMILES string of the molecule is CN1CCC[C@H]1COc1nc(N2CC3(C)CCC(C)(C2)N3)c2cc(Cl)c(-c3cc(O)cc4ccccc34)c(F)c2n1. The summed E-state index contributed by atoms with van der Waals surface area (Å²) in [6.07, 6.45) is 4.29. The molecule has 2 unspecified atom stereocenters. The van der Waals surface area contributed by atoms with E-state index in [2.05, 4.69) is 41.0 Å². The number of rotatable bonds is 5. The van der Waals surface area contributed by atoms with Gasteiger partial charge in [-0.05, 0) is 87.7 Å². The van der Waals surface area contributed by atoms with E-state index in [0.29, 0.717) is 23.4 Å². The van der Waals surface area contributed by atoms with Crippen molar-refractivity contribution < 1.29 is 14.2 Å². The summed E-state index contributed by atoms with van der Waals surface area (Å²) in [6, 6.07) is 13.0. The van der Waals surface area contributed by atoms with Crippen LogP contribution in [0.5, 0.6) is 11.8 Å². The molecular formula is C32H35ClFN5O2. The van der Waals surface area contributed by atoms with Crippen LogP contribution < -0.4 is 15.0 Å². The zero-order valence-corrected chi connectivity index (χ0v) is 24.4. The Kier molecular flexibility index (Phi) is 6.30. The fraction of sp³-hybridized carbons (Fsp3) is 0.438. The van der Waals surface area contributed by atoms with Crippen LogP contribution in [0.15, 0.2) is 42.5 Å². The number of aromatic nitrogens is 2. The molecule has 3 saturated heterocycles. The van der Waals surface area contributed by atoms with Crippen molar-refractivity contribution in [1.82, 2.24) is 20.2 Å². The number of nitrogens with zero attached hydrogens (tertiary/aromatic N) is 4. The van der Waals surface area contributed by atoms with E-state index in [1.165, 1.54) is 0 Å². The maximum Gasteiger partial charge on any atom is 0.319 e. The number of benzene rings is 3. The molecule has 41 heavy (non-hydrogen) atoms. The van der Waals surface area contributed by atoms with Crippen molar-refractivity contribution in [2.24, 2.45) is 0 Å². The highest BCUT2D eigenvalue weighted by molar-refractivity contribution is 6.35. The van der Waals surface area contributed by atoms with E-state index in [1.54, 1.807) is 18.2 Å². The first-order valence-corrected chi connectivity index (χ1v) is 14.8. The number of phenols is 1. The Morgan fingerprint density at radius 3 is 2.59 bits per heavy atom.